The third-order valence-corrected chi connectivity index (χ3v) is 1.61. The molecule has 4 heteroatoms. The monoisotopic (exact) mass is 167 g/mol. The van der Waals surface area contributed by atoms with Crippen molar-refractivity contribution in [1.29, 1.82) is 0 Å². The summed E-state index contributed by atoms with van der Waals surface area (Å²) in [6.45, 7) is 2.72. The van der Waals surface area contributed by atoms with Gasteiger partial charge in [-0.25, -0.2) is 4.68 Å². The highest BCUT2D eigenvalue weighted by Crippen LogP contribution is 1.92. The summed E-state index contributed by atoms with van der Waals surface area (Å²) in [5.41, 5.74) is 5.34. The topological polar surface area (TPSA) is 60.9 Å². The van der Waals surface area contributed by atoms with Gasteiger partial charge in [-0.15, -0.1) is 0 Å². The summed E-state index contributed by atoms with van der Waals surface area (Å²) in [7, 11) is 0. The van der Waals surface area contributed by atoms with Crippen LogP contribution >= 0.6 is 0 Å². The number of hydrogen-bond donors (Lipinski definition) is 1. The molecule has 0 amide bonds. The van der Waals surface area contributed by atoms with Crippen LogP contribution in [0.5, 0.6) is 0 Å². The molecule has 1 aromatic heterocycles. The maximum Gasteiger partial charge on any atom is 0.266 e. The molecule has 12 heavy (non-hydrogen) atoms. The molecule has 4 nitrogen and oxygen atoms in total. The SMILES string of the molecule is CCCCn1nc(N)ccc1=O. The number of nitrogen functional groups attached to an aromatic ring is 1. The van der Waals surface area contributed by atoms with Crippen molar-refractivity contribution in [2.45, 2.75) is 26.3 Å². The minimum atomic E-state index is -0.0855. The van der Waals surface area contributed by atoms with Gasteiger partial charge in [0, 0.05) is 12.6 Å². The molecule has 0 unspecified atom stereocenters. The lowest BCUT2D eigenvalue weighted by Crippen LogP contribution is -2.22. The molecule has 0 aliphatic rings. The Morgan fingerprint density at radius 2 is 2.33 bits per heavy atom. The lowest BCUT2D eigenvalue weighted by atomic mass is 10.3. The third-order valence-electron chi connectivity index (χ3n) is 1.61. The zero-order chi connectivity index (χ0) is 8.97. The Bertz CT molecular complexity index is 305. The van der Waals surface area contributed by atoms with Gasteiger partial charge in [0.2, 0.25) is 0 Å². The molecule has 0 aliphatic heterocycles. The van der Waals surface area contributed by atoms with Crippen molar-refractivity contribution in [3.05, 3.63) is 22.5 Å². The predicted molar refractivity (Wildman–Crippen MR) is 47.8 cm³/mol. The largest absolute Gasteiger partial charge is 0.382 e. The molecule has 0 atom stereocenters. The summed E-state index contributed by atoms with van der Waals surface area (Å²) in [5.74, 6) is 0.394. The molecule has 0 fully saturated rings. The molecule has 0 spiro atoms. The number of nitrogens with zero attached hydrogens (tertiary/aromatic N) is 2. The first-order chi connectivity index (χ1) is 5.74. The zero-order valence-corrected chi connectivity index (χ0v) is 7.16. The van der Waals surface area contributed by atoms with E-state index in [1.807, 2.05) is 0 Å². The van der Waals surface area contributed by atoms with Gasteiger partial charge in [-0.2, -0.15) is 5.10 Å². The smallest absolute Gasteiger partial charge is 0.266 e. The maximum absolute atomic E-state index is 11.1. The standard InChI is InChI=1S/C8H13N3O/c1-2-3-6-11-8(12)5-4-7(9)10-11/h4-5H,2-3,6H2,1H3,(H2,9,10). The Balaban J connectivity index is 2.83. The molecule has 2 N–H and O–H groups in total. The van der Waals surface area contributed by atoms with Gasteiger partial charge in [0.1, 0.15) is 5.82 Å². The lowest BCUT2D eigenvalue weighted by Gasteiger charge is -2.02. The molecule has 0 radical (unpaired) electrons. The second-order valence-electron chi connectivity index (χ2n) is 2.67. The van der Waals surface area contributed by atoms with Crippen LogP contribution in [-0.2, 0) is 6.54 Å². The van der Waals surface area contributed by atoms with E-state index in [-0.39, 0.29) is 5.56 Å². The first-order valence-corrected chi connectivity index (χ1v) is 4.07. The molecule has 0 saturated heterocycles. The van der Waals surface area contributed by atoms with Crippen LogP contribution in [0.25, 0.3) is 0 Å². The molecule has 1 rings (SSSR count). The summed E-state index contributed by atoms with van der Waals surface area (Å²) in [6.07, 6.45) is 2.00. The Morgan fingerprint density at radius 1 is 1.58 bits per heavy atom. The van der Waals surface area contributed by atoms with Gasteiger partial charge >= 0.3 is 0 Å². The molecule has 66 valence electrons. The van der Waals surface area contributed by atoms with Crippen LogP contribution in [0.4, 0.5) is 5.82 Å². The van der Waals surface area contributed by atoms with E-state index in [2.05, 4.69) is 12.0 Å². The second kappa shape index (κ2) is 3.90. The van der Waals surface area contributed by atoms with Gasteiger partial charge in [-0.3, -0.25) is 4.79 Å². The molecule has 0 saturated carbocycles. The minimum absolute atomic E-state index is 0.0855. The van der Waals surface area contributed by atoms with Gasteiger partial charge in [0.25, 0.3) is 5.56 Å². The second-order valence-corrected chi connectivity index (χ2v) is 2.67. The fourth-order valence-electron chi connectivity index (χ4n) is 0.933. The molecule has 0 bridgehead atoms. The van der Waals surface area contributed by atoms with Crippen LogP contribution in [0, 0.1) is 0 Å². The summed E-state index contributed by atoms with van der Waals surface area (Å²) >= 11 is 0. The highest BCUT2D eigenvalue weighted by molar-refractivity contribution is 5.23. The van der Waals surface area contributed by atoms with E-state index in [1.54, 1.807) is 0 Å². The number of aromatic nitrogens is 2. The molecular weight excluding hydrogens is 154 g/mol. The van der Waals surface area contributed by atoms with Crippen LogP contribution in [-0.4, -0.2) is 9.78 Å². The normalized spacial score (nSPS) is 10.1. The van der Waals surface area contributed by atoms with E-state index in [9.17, 15) is 4.79 Å². The molecule has 1 aromatic rings. The number of nitrogens with two attached hydrogens (primary N) is 1. The fraction of sp³-hybridized carbons (Fsp3) is 0.500. The van der Waals surface area contributed by atoms with Crippen LogP contribution in [0.3, 0.4) is 0 Å². The maximum atomic E-state index is 11.1. The van der Waals surface area contributed by atoms with Gasteiger partial charge in [-0.1, -0.05) is 13.3 Å². The molecule has 0 aromatic carbocycles. The van der Waals surface area contributed by atoms with Crippen LogP contribution < -0.4 is 11.3 Å². The Hall–Kier alpha value is -1.32. The zero-order valence-electron chi connectivity index (χ0n) is 7.16. The summed E-state index contributed by atoms with van der Waals surface area (Å²) in [4.78, 5) is 11.1. The Morgan fingerprint density at radius 3 is 3.00 bits per heavy atom. The van der Waals surface area contributed by atoms with Crippen molar-refractivity contribution in [3.8, 4) is 0 Å². The Labute approximate surface area is 71.0 Å². The number of anilines is 1. The van der Waals surface area contributed by atoms with E-state index in [0.717, 1.165) is 12.8 Å². The van der Waals surface area contributed by atoms with Gasteiger partial charge in [0.05, 0.1) is 0 Å². The van der Waals surface area contributed by atoms with Crippen LogP contribution in [0.15, 0.2) is 16.9 Å². The van der Waals surface area contributed by atoms with Crippen LogP contribution in [0.1, 0.15) is 19.8 Å². The molecular formula is C8H13N3O. The third kappa shape index (κ3) is 2.08. The van der Waals surface area contributed by atoms with Crippen molar-refractivity contribution in [3.63, 3.8) is 0 Å². The average Bonchev–Trinajstić information content (AvgIpc) is 2.07. The summed E-state index contributed by atoms with van der Waals surface area (Å²) < 4.78 is 1.40. The number of unbranched alkanes of at least 4 members (excludes halogenated alkanes) is 1. The van der Waals surface area contributed by atoms with Crippen LogP contribution in [0.2, 0.25) is 0 Å². The van der Waals surface area contributed by atoms with E-state index >= 15 is 0 Å². The van der Waals surface area contributed by atoms with Gasteiger partial charge < -0.3 is 5.73 Å². The average molecular weight is 167 g/mol. The number of aryl methyl sites for hydroxylation is 1. The van der Waals surface area contributed by atoms with Crippen molar-refractivity contribution in [1.82, 2.24) is 9.78 Å². The van der Waals surface area contributed by atoms with E-state index in [0.29, 0.717) is 12.4 Å². The van der Waals surface area contributed by atoms with Crippen molar-refractivity contribution >= 4 is 5.82 Å². The molecule has 0 aliphatic carbocycles. The first kappa shape index (κ1) is 8.77. The first-order valence-electron chi connectivity index (χ1n) is 4.07. The minimum Gasteiger partial charge on any atom is -0.382 e. The van der Waals surface area contributed by atoms with E-state index < -0.39 is 0 Å². The number of rotatable bonds is 3. The Kier molecular flexibility index (Phi) is 2.85. The van der Waals surface area contributed by atoms with Crippen molar-refractivity contribution in [2.75, 3.05) is 5.73 Å². The fourth-order valence-corrected chi connectivity index (χ4v) is 0.933. The van der Waals surface area contributed by atoms with E-state index in [1.165, 1.54) is 16.8 Å². The van der Waals surface area contributed by atoms with Gasteiger partial charge in [0.15, 0.2) is 0 Å². The highest BCUT2D eigenvalue weighted by Gasteiger charge is 1.95. The summed E-state index contributed by atoms with van der Waals surface area (Å²) in [6, 6.07) is 2.96. The van der Waals surface area contributed by atoms with Crippen molar-refractivity contribution in [2.24, 2.45) is 0 Å². The van der Waals surface area contributed by atoms with E-state index in [4.69, 9.17) is 5.73 Å². The van der Waals surface area contributed by atoms with Gasteiger partial charge in [-0.05, 0) is 12.5 Å². The predicted octanol–water partition coefficient (Wildman–Crippen LogP) is 0.626. The van der Waals surface area contributed by atoms with Crippen molar-refractivity contribution < 1.29 is 0 Å². The number of hydrogen-bond acceptors (Lipinski definition) is 3. The lowest BCUT2D eigenvalue weighted by molar-refractivity contribution is 0.546. The molecule has 1 heterocycles. The summed E-state index contributed by atoms with van der Waals surface area (Å²) in [5, 5.41) is 3.89. The highest BCUT2D eigenvalue weighted by atomic mass is 16.1. The quantitative estimate of drug-likeness (QED) is 0.718.